The van der Waals surface area contributed by atoms with Crippen molar-refractivity contribution in [2.75, 3.05) is 62.3 Å². The van der Waals surface area contributed by atoms with Crippen LogP contribution in [0.15, 0.2) is 75.6 Å². The van der Waals surface area contributed by atoms with E-state index < -0.39 is 0 Å². The summed E-state index contributed by atoms with van der Waals surface area (Å²) in [5.41, 5.74) is 8.76. The monoisotopic (exact) mass is 513 g/mol. The van der Waals surface area contributed by atoms with E-state index in [0.29, 0.717) is 0 Å². The average Bonchev–Trinajstić information content (AvgIpc) is 3.36. The highest BCUT2D eigenvalue weighted by Crippen LogP contribution is 2.35. The van der Waals surface area contributed by atoms with Crippen molar-refractivity contribution in [2.45, 2.75) is 40.5 Å². The molecule has 0 amide bonds. The van der Waals surface area contributed by atoms with Crippen molar-refractivity contribution in [3.63, 3.8) is 0 Å². The molecule has 0 N–H and O–H groups in total. The number of hydrogen-bond donors (Lipinski definition) is 0. The molecule has 0 unspecified atom stereocenters. The highest BCUT2D eigenvalue weighted by atomic mass is 16.5. The van der Waals surface area contributed by atoms with Gasteiger partial charge in [0.25, 0.3) is 0 Å². The summed E-state index contributed by atoms with van der Waals surface area (Å²) in [4.78, 5) is 7.17. The summed E-state index contributed by atoms with van der Waals surface area (Å²) < 4.78 is 5.64. The molecule has 2 aliphatic rings. The van der Waals surface area contributed by atoms with E-state index in [-0.39, 0.29) is 0 Å². The minimum Gasteiger partial charge on any atom is -0.378 e. The van der Waals surface area contributed by atoms with Crippen LogP contribution >= 0.6 is 0 Å². The second kappa shape index (κ2) is 14.0. The number of morpholine rings is 1. The molecule has 2 aromatic carbocycles. The number of ether oxygens (including phenoxy) is 1. The number of anilines is 2. The van der Waals surface area contributed by atoms with E-state index in [1.54, 1.807) is 0 Å². The largest absolute Gasteiger partial charge is 0.378 e. The number of nitrogens with zero attached hydrogens (tertiary/aromatic N) is 5. The van der Waals surface area contributed by atoms with Crippen molar-refractivity contribution >= 4 is 29.9 Å². The van der Waals surface area contributed by atoms with Gasteiger partial charge in [-0.25, -0.2) is 0 Å². The second-order valence-electron chi connectivity index (χ2n) is 9.66. The zero-order valence-corrected chi connectivity index (χ0v) is 23.6. The molecular weight excluding hydrogens is 470 g/mol. The third kappa shape index (κ3) is 6.93. The summed E-state index contributed by atoms with van der Waals surface area (Å²) in [6, 6.07) is 17.5. The normalized spacial score (nSPS) is 17.4. The summed E-state index contributed by atoms with van der Waals surface area (Å²) in [6.07, 6.45) is 8.13. The van der Waals surface area contributed by atoms with E-state index in [9.17, 15) is 0 Å². The predicted molar refractivity (Wildman–Crippen MR) is 163 cm³/mol. The van der Waals surface area contributed by atoms with Gasteiger partial charge in [-0.2, -0.15) is 10.2 Å². The Morgan fingerprint density at radius 2 is 1.24 bits per heavy atom. The zero-order chi connectivity index (χ0) is 26.7. The maximum Gasteiger partial charge on any atom is 0.0642 e. The first-order valence-corrected chi connectivity index (χ1v) is 14.2. The lowest BCUT2D eigenvalue weighted by molar-refractivity contribution is 0.0548. The van der Waals surface area contributed by atoms with Crippen LogP contribution in [0.2, 0.25) is 0 Å². The number of benzene rings is 2. The van der Waals surface area contributed by atoms with Gasteiger partial charge in [0.15, 0.2) is 0 Å². The van der Waals surface area contributed by atoms with E-state index in [0.717, 1.165) is 70.9 Å². The Morgan fingerprint density at radius 3 is 1.79 bits per heavy atom. The molecule has 38 heavy (non-hydrogen) atoms. The first-order valence-electron chi connectivity index (χ1n) is 14.2. The highest BCUT2D eigenvalue weighted by molar-refractivity contribution is 5.85. The molecule has 6 nitrogen and oxygen atoms in total. The smallest absolute Gasteiger partial charge is 0.0642 e. The topological polar surface area (TPSA) is 43.7 Å². The Bertz CT molecular complexity index is 1130. The third-order valence-corrected chi connectivity index (χ3v) is 7.47. The van der Waals surface area contributed by atoms with Crippen molar-refractivity contribution < 1.29 is 4.74 Å². The van der Waals surface area contributed by atoms with Crippen molar-refractivity contribution in [1.82, 2.24) is 4.90 Å². The number of allylic oxidation sites excluding steroid dienone is 2. The second-order valence-corrected chi connectivity index (χ2v) is 9.66. The molecule has 6 heteroatoms. The maximum atomic E-state index is 5.64. The molecule has 4 rings (SSSR count). The van der Waals surface area contributed by atoms with E-state index in [1.165, 1.54) is 33.8 Å². The molecule has 1 aliphatic heterocycles. The summed E-state index contributed by atoms with van der Waals surface area (Å²) in [6.45, 7) is 16.2. The van der Waals surface area contributed by atoms with Crippen molar-refractivity contribution in [3.8, 4) is 0 Å². The van der Waals surface area contributed by atoms with E-state index in [4.69, 9.17) is 4.74 Å². The fraction of sp³-hybridized carbons (Fsp3) is 0.438. The van der Waals surface area contributed by atoms with Crippen LogP contribution in [-0.4, -0.2) is 69.8 Å². The number of hydrogen-bond acceptors (Lipinski definition) is 6. The lowest BCUT2D eigenvalue weighted by atomic mass is 10.1. The molecule has 0 bridgehead atoms. The van der Waals surface area contributed by atoms with Crippen molar-refractivity contribution in [1.29, 1.82) is 0 Å². The Balaban J connectivity index is 1.52. The maximum absolute atomic E-state index is 5.64. The third-order valence-electron chi connectivity index (χ3n) is 7.47. The van der Waals surface area contributed by atoms with Crippen LogP contribution in [-0.2, 0) is 4.74 Å². The number of rotatable bonds is 11. The molecule has 0 atom stereocenters. The van der Waals surface area contributed by atoms with Crippen LogP contribution in [0.5, 0.6) is 0 Å². The van der Waals surface area contributed by atoms with Crippen molar-refractivity contribution in [3.05, 3.63) is 76.5 Å². The van der Waals surface area contributed by atoms with Gasteiger partial charge in [-0.3, -0.25) is 0 Å². The molecule has 0 radical (unpaired) electrons. The molecule has 0 saturated carbocycles. The quantitative estimate of drug-likeness (QED) is 0.263. The van der Waals surface area contributed by atoms with E-state index >= 15 is 0 Å². The van der Waals surface area contributed by atoms with E-state index in [2.05, 4.69) is 107 Å². The molecule has 1 fully saturated rings. The molecule has 1 heterocycles. The van der Waals surface area contributed by atoms with Gasteiger partial charge in [-0.05, 0) is 93.2 Å². The van der Waals surface area contributed by atoms with Gasteiger partial charge < -0.3 is 19.4 Å². The minimum atomic E-state index is 0.765. The fourth-order valence-corrected chi connectivity index (χ4v) is 5.31. The van der Waals surface area contributed by atoms with Crippen LogP contribution < -0.4 is 9.80 Å². The zero-order valence-electron chi connectivity index (χ0n) is 23.6. The van der Waals surface area contributed by atoms with Gasteiger partial charge in [0.2, 0.25) is 0 Å². The Kier molecular flexibility index (Phi) is 10.2. The first kappa shape index (κ1) is 27.6. The lowest BCUT2D eigenvalue weighted by Crippen LogP contribution is -2.36. The van der Waals surface area contributed by atoms with Gasteiger partial charge in [0.05, 0.1) is 25.6 Å². The van der Waals surface area contributed by atoms with Crippen LogP contribution in [0.3, 0.4) is 0 Å². The molecule has 0 aromatic heterocycles. The highest BCUT2D eigenvalue weighted by Gasteiger charge is 2.25. The SMILES string of the molecule is CCN(CC)c1ccc(/C=C2/CCC(/C=N/N=C/c3ccc(N(CC)CC)cc3)=C2N2CCOCC2)cc1. The van der Waals surface area contributed by atoms with Crippen molar-refractivity contribution in [2.24, 2.45) is 10.2 Å². The minimum absolute atomic E-state index is 0.765. The van der Waals surface area contributed by atoms with E-state index in [1.807, 2.05) is 12.4 Å². The first-order chi connectivity index (χ1) is 18.7. The molecule has 1 saturated heterocycles. The molecule has 1 aliphatic carbocycles. The molecule has 202 valence electrons. The van der Waals surface area contributed by atoms with Gasteiger partial charge in [0, 0.05) is 56.3 Å². The summed E-state index contributed by atoms with van der Waals surface area (Å²) in [5.74, 6) is 0. The summed E-state index contributed by atoms with van der Waals surface area (Å²) in [5, 5.41) is 8.84. The van der Waals surface area contributed by atoms with Gasteiger partial charge in [-0.15, -0.1) is 0 Å². The van der Waals surface area contributed by atoms with Crippen LogP contribution in [0, 0.1) is 0 Å². The van der Waals surface area contributed by atoms with Gasteiger partial charge in [-0.1, -0.05) is 24.3 Å². The van der Waals surface area contributed by atoms with Crippen LogP contribution in [0.1, 0.15) is 51.7 Å². The van der Waals surface area contributed by atoms with Crippen LogP contribution in [0.4, 0.5) is 11.4 Å². The fourth-order valence-electron chi connectivity index (χ4n) is 5.31. The van der Waals surface area contributed by atoms with Gasteiger partial charge >= 0.3 is 0 Å². The molecule has 0 spiro atoms. The standard InChI is InChI=1S/C32H43N5O/c1-5-35(6-2)30-15-9-26(10-16-30)23-28-13-14-29(32(28)37-19-21-38-22-20-37)25-34-33-24-27-11-17-31(18-12-27)36(7-3)8-4/h9-12,15-18,23-25H,5-8,13-14,19-22H2,1-4H3/b28-23-,33-24+,34-25+. The average molecular weight is 514 g/mol. The van der Waals surface area contributed by atoms with Crippen LogP contribution in [0.25, 0.3) is 6.08 Å². The Morgan fingerprint density at radius 1 is 0.711 bits per heavy atom. The predicted octanol–water partition coefficient (Wildman–Crippen LogP) is 6.25. The summed E-state index contributed by atoms with van der Waals surface area (Å²) in [7, 11) is 0. The summed E-state index contributed by atoms with van der Waals surface area (Å²) >= 11 is 0. The Labute approximate surface area is 229 Å². The Hall–Kier alpha value is -3.38. The molecule has 2 aromatic rings. The molecular formula is C32H43N5O. The lowest BCUT2D eigenvalue weighted by Gasteiger charge is -2.31. The van der Waals surface area contributed by atoms with Gasteiger partial charge in [0.1, 0.15) is 0 Å².